The molecule has 2 aromatic carbocycles. The molecule has 1 saturated heterocycles. The van der Waals surface area contributed by atoms with Crippen molar-refractivity contribution in [1.29, 1.82) is 0 Å². The topological polar surface area (TPSA) is 21.7 Å². The molecule has 0 N–H and O–H groups in total. The van der Waals surface area contributed by atoms with Gasteiger partial charge in [0.25, 0.3) is 0 Å². The van der Waals surface area contributed by atoms with E-state index in [0.29, 0.717) is 8.58 Å². The maximum atomic E-state index is 6.02. The van der Waals surface area contributed by atoms with E-state index < -0.39 is 0 Å². The van der Waals surface area contributed by atoms with Crippen LogP contribution in [0.25, 0.3) is 0 Å². The molecule has 170 valence electrons. The van der Waals surface area contributed by atoms with Crippen molar-refractivity contribution in [2.24, 2.45) is 0 Å². The molecule has 1 heterocycles. The van der Waals surface area contributed by atoms with Crippen molar-refractivity contribution >= 4 is 13.9 Å². The second-order valence-corrected chi connectivity index (χ2v) is 11.1. The number of ether oxygens (including phenoxy) is 2. The molecular weight excluding hydrogens is 401 g/mol. The summed E-state index contributed by atoms with van der Waals surface area (Å²) in [6, 6.07) is 13.7. The van der Waals surface area contributed by atoms with Crippen LogP contribution >= 0.6 is 8.58 Å². The molecule has 3 nitrogen and oxygen atoms in total. The third-order valence-corrected chi connectivity index (χ3v) is 8.15. The molecule has 0 amide bonds. The Morgan fingerprint density at radius 1 is 1.00 bits per heavy atom. The monoisotopic (exact) mass is 441 g/mol. The first-order chi connectivity index (χ1) is 14.9. The molecule has 0 bridgehead atoms. The van der Waals surface area contributed by atoms with Crippen LogP contribution < -0.4 is 10.0 Å². The fourth-order valence-corrected chi connectivity index (χ4v) is 6.50. The summed E-state index contributed by atoms with van der Waals surface area (Å²) in [6.07, 6.45) is 6.33. The summed E-state index contributed by atoms with van der Waals surface area (Å²) < 4.78 is 11.2. The van der Waals surface area contributed by atoms with Gasteiger partial charge in [-0.3, -0.25) is 4.90 Å². The minimum Gasteiger partial charge on any atom is -0.467 e. The average molecular weight is 442 g/mol. The number of hydrogen-bond acceptors (Lipinski definition) is 3. The number of likely N-dealkylation sites (tertiary alicyclic amines) is 1. The molecule has 0 saturated carbocycles. The van der Waals surface area contributed by atoms with Gasteiger partial charge in [0, 0.05) is 24.4 Å². The van der Waals surface area contributed by atoms with E-state index in [1.54, 1.807) is 7.11 Å². The number of rotatable bonds is 10. The summed E-state index contributed by atoms with van der Waals surface area (Å²) in [5, 5.41) is 1.54. The Morgan fingerprint density at radius 2 is 1.71 bits per heavy atom. The van der Waals surface area contributed by atoms with Gasteiger partial charge >= 0.3 is 0 Å². The SMILES string of the molecule is CCCC(C)(Pc1ccc(C)cc1CN1CCCCC1)c1cc(C)ccc1OCOC. The van der Waals surface area contributed by atoms with Gasteiger partial charge in [0.2, 0.25) is 0 Å². The number of aryl methyl sites for hydroxylation is 2. The van der Waals surface area contributed by atoms with Crippen molar-refractivity contribution in [2.75, 3.05) is 27.0 Å². The van der Waals surface area contributed by atoms with Gasteiger partial charge in [0.05, 0.1) is 0 Å². The molecule has 31 heavy (non-hydrogen) atoms. The third kappa shape index (κ3) is 6.54. The van der Waals surface area contributed by atoms with E-state index in [-0.39, 0.29) is 11.9 Å². The van der Waals surface area contributed by atoms with Crippen molar-refractivity contribution in [1.82, 2.24) is 4.90 Å². The lowest BCUT2D eigenvalue weighted by molar-refractivity contribution is 0.0500. The standard InChI is InChI=1S/C27H40NO2P/c1-6-14-27(4,24-18-22(3)10-12-25(24)30-20-29-5)31-26-13-11-21(2)17-23(26)19-28-15-8-7-9-16-28/h10-13,17-18,31H,6-9,14-16,19-20H2,1-5H3. The Hall–Kier alpha value is -1.41. The largest absolute Gasteiger partial charge is 0.467 e. The summed E-state index contributed by atoms with van der Waals surface area (Å²) >= 11 is 0. The molecule has 2 atom stereocenters. The highest BCUT2D eigenvalue weighted by atomic mass is 31.1. The maximum Gasteiger partial charge on any atom is 0.188 e. The molecule has 0 spiro atoms. The molecule has 0 aromatic heterocycles. The van der Waals surface area contributed by atoms with E-state index in [1.165, 1.54) is 59.9 Å². The van der Waals surface area contributed by atoms with Crippen molar-refractivity contribution in [3.63, 3.8) is 0 Å². The first-order valence-corrected chi connectivity index (χ1v) is 12.8. The van der Waals surface area contributed by atoms with Crippen LogP contribution in [0.1, 0.15) is 68.2 Å². The smallest absolute Gasteiger partial charge is 0.188 e. The lowest BCUT2D eigenvalue weighted by Crippen LogP contribution is -2.31. The maximum absolute atomic E-state index is 6.02. The van der Waals surface area contributed by atoms with Crippen molar-refractivity contribution in [3.8, 4) is 5.75 Å². The van der Waals surface area contributed by atoms with Gasteiger partial charge in [-0.1, -0.05) is 76.7 Å². The summed E-state index contributed by atoms with van der Waals surface area (Å²) in [5.74, 6) is 0.959. The summed E-state index contributed by atoms with van der Waals surface area (Å²) in [5.41, 5.74) is 5.46. The lowest BCUT2D eigenvalue weighted by atomic mass is 9.93. The number of nitrogens with zero attached hydrogens (tertiary/aromatic N) is 1. The van der Waals surface area contributed by atoms with Crippen LogP contribution in [0.4, 0.5) is 0 Å². The Morgan fingerprint density at radius 3 is 2.42 bits per heavy atom. The van der Waals surface area contributed by atoms with Gasteiger partial charge in [0.15, 0.2) is 6.79 Å². The van der Waals surface area contributed by atoms with E-state index >= 15 is 0 Å². The Bertz CT molecular complexity index is 847. The normalized spacial score (nSPS) is 17.2. The van der Waals surface area contributed by atoms with Gasteiger partial charge in [-0.2, -0.15) is 0 Å². The molecule has 1 aliphatic rings. The highest BCUT2D eigenvalue weighted by molar-refractivity contribution is 7.48. The zero-order valence-electron chi connectivity index (χ0n) is 20.1. The predicted molar refractivity (Wildman–Crippen MR) is 134 cm³/mol. The quantitative estimate of drug-likeness (QED) is 0.319. The number of methoxy groups -OCH3 is 1. The first-order valence-electron chi connectivity index (χ1n) is 11.8. The van der Waals surface area contributed by atoms with E-state index in [4.69, 9.17) is 9.47 Å². The number of hydrogen-bond donors (Lipinski definition) is 0. The zero-order valence-corrected chi connectivity index (χ0v) is 21.1. The van der Waals surface area contributed by atoms with Crippen LogP contribution in [-0.4, -0.2) is 31.9 Å². The van der Waals surface area contributed by atoms with Gasteiger partial charge in [-0.25, -0.2) is 0 Å². The van der Waals surface area contributed by atoms with Gasteiger partial charge in [-0.15, -0.1) is 0 Å². The Balaban J connectivity index is 1.95. The van der Waals surface area contributed by atoms with Crippen LogP contribution in [0.2, 0.25) is 0 Å². The third-order valence-electron chi connectivity index (χ3n) is 6.33. The van der Waals surface area contributed by atoms with Crippen molar-refractivity contribution < 1.29 is 9.47 Å². The van der Waals surface area contributed by atoms with Crippen LogP contribution in [0.5, 0.6) is 5.75 Å². The summed E-state index contributed by atoms with van der Waals surface area (Å²) in [7, 11) is 2.38. The fourth-order valence-electron chi connectivity index (χ4n) is 4.72. The highest BCUT2D eigenvalue weighted by Gasteiger charge is 2.31. The van der Waals surface area contributed by atoms with Crippen molar-refractivity contribution in [2.45, 2.75) is 71.5 Å². The average Bonchev–Trinajstić information content (AvgIpc) is 2.76. The van der Waals surface area contributed by atoms with E-state index in [2.05, 4.69) is 69.0 Å². The van der Waals surface area contributed by atoms with Crippen LogP contribution in [0.3, 0.4) is 0 Å². The minimum atomic E-state index is 0.0375. The Labute approximate surface area is 191 Å². The van der Waals surface area contributed by atoms with Crippen LogP contribution in [0.15, 0.2) is 36.4 Å². The van der Waals surface area contributed by atoms with E-state index in [9.17, 15) is 0 Å². The molecule has 2 aromatic rings. The highest BCUT2D eigenvalue weighted by Crippen LogP contribution is 2.48. The number of benzene rings is 2. The fraction of sp³-hybridized carbons (Fsp3) is 0.556. The van der Waals surface area contributed by atoms with Crippen molar-refractivity contribution in [3.05, 3.63) is 58.7 Å². The molecule has 1 fully saturated rings. The molecule has 0 aliphatic carbocycles. The van der Waals surface area contributed by atoms with Crippen LogP contribution in [0, 0.1) is 13.8 Å². The molecule has 2 unspecified atom stereocenters. The lowest BCUT2D eigenvalue weighted by Gasteiger charge is -2.34. The number of piperidine rings is 1. The predicted octanol–water partition coefficient (Wildman–Crippen LogP) is 6.29. The van der Waals surface area contributed by atoms with Crippen LogP contribution in [-0.2, 0) is 16.4 Å². The van der Waals surface area contributed by atoms with Gasteiger partial charge in [-0.05, 0) is 63.1 Å². The molecule has 4 heteroatoms. The minimum absolute atomic E-state index is 0.0375. The molecule has 0 radical (unpaired) electrons. The Kier molecular flexibility index (Phi) is 8.95. The van der Waals surface area contributed by atoms with Gasteiger partial charge < -0.3 is 9.47 Å². The molecular formula is C27H40NO2P. The zero-order chi connectivity index (χ0) is 22.3. The second kappa shape index (κ2) is 11.5. The first kappa shape index (κ1) is 24.2. The molecule has 1 aliphatic heterocycles. The summed E-state index contributed by atoms with van der Waals surface area (Å²) in [4.78, 5) is 2.64. The van der Waals surface area contributed by atoms with Gasteiger partial charge in [0.1, 0.15) is 5.75 Å². The van der Waals surface area contributed by atoms with E-state index in [1.807, 2.05) is 0 Å². The molecule has 3 rings (SSSR count). The second-order valence-electron chi connectivity index (χ2n) is 9.25. The summed E-state index contributed by atoms with van der Waals surface area (Å²) in [6.45, 7) is 12.9. The van der Waals surface area contributed by atoms with E-state index in [0.717, 1.165) is 25.1 Å².